The van der Waals surface area contributed by atoms with Gasteiger partial charge in [-0.25, -0.2) is 0 Å². The molecule has 2 aromatic heterocycles. The SMILES string of the molecule is COc1ccc2[nH]c(CNC(=O)c3ccc(CSC)o3)cc2c1. The normalized spacial score (nSPS) is 10.9. The molecule has 0 radical (unpaired) electrons. The average molecular weight is 330 g/mol. The van der Waals surface area contributed by atoms with E-state index in [0.717, 1.165) is 33.9 Å². The first-order valence-electron chi connectivity index (χ1n) is 7.21. The van der Waals surface area contributed by atoms with Crippen molar-refractivity contribution < 1.29 is 13.9 Å². The minimum absolute atomic E-state index is 0.214. The zero-order chi connectivity index (χ0) is 16.2. The predicted molar refractivity (Wildman–Crippen MR) is 91.9 cm³/mol. The number of H-pyrrole nitrogens is 1. The topological polar surface area (TPSA) is 67.3 Å². The van der Waals surface area contributed by atoms with E-state index in [1.54, 1.807) is 24.9 Å². The van der Waals surface area contributed by atoms with Gasteiger partial charge in [0.25, 0.3) is 5.91 Å². The number of furan rings is 1. The fourth-order valence-corrected chi connectivity index (χ4v) is 2.82. The number of thioether (sulfide) groups is 1. The number of carbonyl (C=O) groups is 1. The Balaban J connectivity index is 1.66. The Bertz CT molecular complexity index is 822. The van der Waals surface area contributed by atoms with Crippen molar-refractivity contribution in [2.75, 3.05) is 13.4 Å². The molecule has 120 valence electrons. The number of fused-ring (bicyclic) bond motifs is 1. The van der Waals surface area contributed by atoms with Crippen molar-refractivity contribution in [1.29, 1.82) is 0 Å². The molecule has 0 atom stereocenters. The van der Waals surface area contributed by atoms with E-state index >= 15 is 0 Å². The van der Waals surface area contributed by atoms with Crippen molar-refractivity contribution in [1.82, 2.24) is 10.3 Å². The van der Waals surface area contributed by atoms with Crippen molar-refractivity contribution in [2.45, 2.75) is 12.3 Å². The van der Waals surface area contributed by atoms with Crippen LogP contribution in [-0.4, -0.2) is 24.3 Å². The Morgan fingerprint density at radius 1 is 1.30 bits per heavy atom. The largest absolute Gasteiger partial charge is 0.497 e. The first kappa shape index (κ1) is 15.6. The molecule has 0 aliphatic rings. The molecule has 2 N–H and O–H groups in total. The van der Waals surface area contributed by atoms with E-state index in [4.69, 9.17) is 9.15 Å². The van der Waals surface area contributed by atoms with Crippen LogP contribution in [0.2, 0.25) is 0 Å². The number of hydrogen-bond donors (Lipinski definition) is 2. The summed E-state index contributed by atoms with van der Waals surface area (Å²) in [6.07, 6.45) is 1.99. The van der Waals surface area contributed by atoms with Crippen LogP contribution in [0, 0.1) is 0 Å². The lowest BCUT2D eigenvalue weighted by molar-refractivity contribution is 0.0921. The first-order valence-corrected chi connectivity index (χ1v) is 8.60. The number of ether oxygens (including phenoxy) is 1. The molecule has 1 aromatic carbocycles. The minimum Gasteiger partial charge on any atom is -0.497 e. The minimum atomic E-state index is -0.214. The van der Waals surface area contributed by atoms with Gasteiger partial charge in [-0.1, -0.05) is 0 Å². The summed E-state index contributed by atoms with van der Waals surface area (Å²) in [5, 5.41) is 3.91. The second kappa shape index (κ2) is 6.83. The Morgan fingerprint density at radius 3 is 2.96 bits per heavy atom. The van der Waals surface area contributed by atoms with Gasteiger partial charge in [0.1, 0.15) is 11.5 Å². The summed E-state index contributed by atoms with van der Waals surface area (Å²) in [6.45, 7) is 0.411. The monoisotopic (exact) mass is 330 g/mol. The van der Waals surface area contributed by atoms with E-state index in [2.05, 4.69) is 10.3 Å². The molecule has 0 aliphatic heterocycles. The smallest absolute Gasteiger partial charge is 0.287 e. The molecule has 3 aromatic rings. The zero-order valence-corrected chi connectivity index (χ0v) is 13.8. The van der Waals surface area contributed by atoms with Crippen LogP contribution in [-0.2, 0) is 12.3 Å². The van der Waals surface area contributed by atoms with E-state index in [1.165, 1.54) is 0 Å². The van der Waals surface area contributed by atoms with Crippen LogP contribution in [0.15, 0.2) is 40.8 Å². The molecule has 0 spiro atoms. The van der Waals surface area contributed by atoms with Crippen molar-refractivity contribution in [3.05, 3.63) is 53.6 Å². The number of amides is 1. The van der Waals surface area contributed by atoms with Crippen LogP contribution < -0.4 is 10.1 Å². The quantitative estimate of drug-likeness (QED) is 0.725. The lowest BCUT2D eigenvalue weighted by atomic mass is 10.2. The molecular weight excluding hydrogens is 312 g/mol. The number of nitrogens with one attached hydrogen (secondary N) is 2. The van der Waals surface area contributed by atoms with E-state index < -0.39 is 0 Å². The third-order valence-electron chi connectivity index (χ3n) is 3.50. The second-order valence-electron chi connectivity index (χ2n) is 5.13. The van der Waals surface area contributed by atoms with Gasteiger partial charge in [-0.2, -0.15) is 11.8 Å². The molecule has 2 heterocycles. The molecule has 0 bridgehead atoms. The highest BCUT2D eigenvalue weighted by atomic mass is 32.2. The maximum absolute atomic E-state index is 12.1. The van der Waals surface area contributed by atoms with E-state index in [1.807, 2.05) is 36.6 Å². The molecular formula is C17H18N2O3S. The van der Waals surface area contributed by atoms with Gasteiger partial charge >= 0.3 is 0 Å². The van der Waals surface area contributed by atoms with Gasteiger partial charge in [-0.05, 0) is 42.7 Å². The summed E-state index contributed by atoms with van der Waals surface area (Å²) in [7, 11) is 1.64. The van der Waals surface area contributed by atoms with E-state index in [0.29, 0.717) is 12.3 Å². The Morgan fingerprint density at radius 2 is 2.17 bits per heavy atom. The number of methoxy groups -OCH3 is 1. The standard InChI is InChI=1S/C17H18N2O3S/c1-21-13-3-5-15-11(8-13)7-12(19-15)9-18-17(20)16-6-4-14(22-16)10-23-2/h3-8,19H,9-10H2,1-2H3,(H,18,20). The summed E-state index contributed by atoms with van der Waals surface area (Å²) in [5.74, 6) is 2.50. The molecule has 5 nitrogen and oxygen atoms in total. The molecule has 0 aliphatic carbocycles. The third-order valence-corrected chi connectivity index (χ3v) is 4.07. The Kier molecular flexibility index (Phi) is 4.62. The fourth-order valence-electron chi connectivity index (χ4n) is 2.38. The lowest BCUT2D eigenvalue weighted by Gasteiger charge is -2.01. The summed E-state index contributed by atoms with van der Waals surface area (Å²) < 4.78 is 10.7. The molecule has 0 saturated heterocycles. The zero-order valence-electron chi connectivity index (χ0n) is 13.0. The molecule has 6 heteroatoms. The van der Waals surface area contributed by atoms with E-state index in [-0.39, 0.29) is 5.91 Å². The summed E-state index contributed by atoms with van der Waals surface area (Å²) in [4.78, 5) is 15.4. The van der Waals surface area contributed by atoms with Gasteiger partial charge in [-0.15, -0.1) is 0 Å². The highest BCUT2D eigenvalue weighted by Gasteiger charge is 2.11. The first-order chi connectivity index (χ1) is 11.2. The number of aromatic amines is 1. The third kappa shape index (κ3) is 3.53. The summed E-state index contributed by atoms with van der Waals surface area (Å²) >= 11 is 1.65. The number of rotatable bonds is 6. The van der Waals surface area contributed by atoms with Gasteiger partial charge in [0.2, 0.25) is 0 Å². The van der Waals surface area contributed by atoms with Crippen molar-refractivity contribution in [3.63, 3.8) is 0 Å². The van der Waals surface area contributed by atoms with Crippen LogP contribution in [0.3, 0.4) is 0 Å². The van der Waals surface area contributed by atoms with Gasteiger partial charge in [-0.3, -0.25) is 4.79 Å². The van der Waals surface area contributed by atoms with Gasteiger partial charge in [0.05, 0.1) is 19.4 Å². The second-order valence-corrected chi connectivity index (χ2v) is 6.00. The molecule has 23 heavy (non-hydrogen) atoms. The van der Waals surface area contributed by atoms with Crippen LogP contribution >= 0.6 is 11.8 Å². The summed E-state index contributed by atoms with van der Waals surface area (Å²) in [5.41, 5.74) is 1.94. The Labute approximate surface area is 138 Å². The van der Waals surface area contributed by atoms with Crippen LogP contribution in [0.25, 0.3) is 10.9 Å². The van der Waals surface area contributed by atoms with Crippen LogP contribution in [0.4, 0.5) is 0 Å². The number of aromatic nitrogens is 1. The van der Waals surface area contributed by atoms with E-state index in [9.17, 15) is 4.79 Å². The highest BCUT2D eigenvalue weighted by Crippen LogP contribution is 2.21. The number of benzene rings is 1. The number of hydrogen-bond acceptors (Lipinski definition) is 4. The summed E-state index contributed by atoms with van der Waals surface area (Å²) in [6, 6.07) is 11.4. The molecule has 1 amide bonds. The fraction of sp³-hybridized carbons (Fsp3) is 0.235. The Hall–Kier alpha value is -2.34. The molecule has 0 fully saturated rings. The van der Waals surface area contributed by atoms with Gasteiger partial charge in [0.15, 0.2) is 5.76 Å². The van der Waals surface area contributed by atoms with Gasteiger partial charge in [0, 0.05) is 16.6 Å². The van der Waals surface area contributed by atoms with Crippen LogP contribution in [0.1, 0.15) is 22.0 Å². The molecule has 0 saturated carbocycles. The molecule has 3 rings (SSSR count). The van der Waals surface area contributed by atoms with Crippen molar-refractivity contribution >= 4 is 28.6 Å². The van der Waals surface area contributed by atoms with Crippen molar-refractivity contribution in [3.8, 4) is 5.75 Å². The average Bonchev–Trinajstić information content (AvgIpc) is 3.18. The highest BCUT2D eigenvalue weighted by molar-refractivity contribution is 7.97. The van der Waals surface area contributed by atoms with Gasteiger partial charge < -0.3 is 19.5 Å². The maximum Gasteiger partial charge on any atom is 0.287 e. The number of carbonyl (C=O) groups excluding carboxylic acids is 1. The van der Waals surface area contributed by atoms with Crippen molar-refractivity contribution in [2.24, 2.45) is 0 Å². The predicted octanol–water partition coefficient (Wildman–Crippen LogP) is 3.56. The van der Waals surface area contributed by atoms with Crippen LogP contribution in [0.5, 0.6) is 5.75 Å². The maximum atomic E-state index is 12.1. The molecule has 0 unspecified atom stereocenters. The lowest BCUT2D eigenvalue weighted by Crippen LogP contribution is -2.22.